The van der Waals surface area contributed by atoms with Gasteiger partial charge in [-0.3, -0.25) is 0 Å². The third kappa shape index (κ3) is 8.21. The van der Waals surface area contributed by atoms with Gasteiger partial charge in [-0.2, -0.15) is 13.5 Å². The molecule has 0 aliphatic rings. The van der Waals surface area contributed by atoms with Gasteiger partial charge < -0.3 is 14.2 Å². The number of aryl methyl sites for hydroxylation is 2. The molecule has 0 unspecified atom stereocenters. The smallest absolute Gasteiger partial charge is 0.124 e. The van der Waals surface area contributed by atoms with Crippen LogP contribution in [-0.4, -0.2) is 20.3 Å². The quantitative estimate of drug-likeness (QED) is 0.568. The fourth-order valence-electron chi connectivity index (χ4n) is 1.93. The van der Waals surface area contributed by atoms with E-state index in [1.165, 1.54) is 17.4 Å². The molecule has 0 aliphatic heterocycles. The van der Waals surface area contributed by atoms with Gasteiger partial charge in [-0.1, -0.05) is 43.0 Å². The van der Waals surface area contributed by atoms with Gasteiger partial charge >= 0.3 is 0 Å². The largest absolute Gasteiger partial charge is 0.498 e. The van der Waals surface area contributed by atoms with E-state index in [-0.39, 0.29) is 13.5 Å². The Morgan fingerprint density at radius 1 is 0.913 bits per heavy atom. The topological polar surface area (TPSA) is 27.7 Å². The normalized spacial score (nSPS) is 8.83. The van der Waals surface area contributed by atoms with Gasteiger partial charge in [0.05, 0.1) is 13.4 Å². The predicted molar refractivity (Wildman–Crippen MR) is 101 cm³/mol. The third-order valence-corrected chi connectivity index (χ3v) is 2.94. The predicted octanol–water partition coefficient (Wildman–Crippen LogP) is 4.65. The van der Waals surface area contributed by atoms with Crippen molar-refractivity contribution in [3.8, 4) is 11.5 Å². The summed E-state index contributed by atoms with van der Waals surface area (Å²) in [6, 6.07) is 15.8. The molecule has 0 N–H and O–H groups in total. The Morgan fingerprint density at radius 3 is 2.00 bits per heavy atom. The Balaban J connectivity index is 0.000000409. The fraction of sp³-hybridized carbons (Fsp3) is 0.263. The molecule has 126 valence electrons. The first-order chi connectivity index (χ1) is 10.7. The number of para-hydroxylation sites is 2. The highest BCUT2D eigenvalue weighted by atomic mass is 32.1. The number of rotatable bonds is 6. The highest BCUT2D eigenvalue weighted by Gasteiger charge is 1.98. The Hall–Kier alpha value is -2.07. The molecule has 0 spiro atoms. The first-order valence-electron chi connectivity index (χ1n) is 7.19. The van der Waals surface area contributed by atoms with Crippen molar-refractivity contribution in [2.45, 2.75) is 13.8 Å². The van der Waals surface area contributed by atoms with Gasteiger partial charge in [0.2, 0.25) is 0 Å². The second kappa shape index (κ2) is 12.5. The molecule has 0 radical (unpaired) electrons. The summed E-state index contributed by atoms with van der Waals surface area (Å²) in [4.78, 5) is 0. The summed E-state index contributed by atoms with van der Waals surface area (Å²) >= 11 is 0. The Labute approximate surface area is 146 Å². The van der Waals surface area contributed by atoms with Crippen LogP contribution in [0, 0.1) is 13.8 Å². The molecule has 0 atom stereocenters. The van der Waals surface area contributed by atoms with Crippen molar-refractivity contribution >= 4 is 13.5 Å². The van der Waals surface area contributed by atoms with Gasteiger partial charge in [0.1, 0.15) is 24.7 Å². The maximum absolute atomic E-state index is 5.34. The lowest BCUT2D eigenvalue weighted by Gasteiger charge is -2.06. The van der Waals surface area contributed by atoms with E-state index in [1.807, 2.05) is 62.4 Å². The Bertz CT molecular complexity index is 536. The summed E-state index contributed by atoms with van der Waals surface area (Å²) in [6.07, 6.45) is 1.41. The van der Waals surface area contributed by atoms with Gasteiger partial charge in [-0.15, -0.1) is 0 Å². The fourth-order valence-corrected chi connectivity index (χ4v) is 1.93. The molecule has 23 heavy (non-hydrogen) atoms. The van der Waals surface area contributed by atoms with E-state index in [0.29, 0.717) is 13.2 Å². The molecule has 0 fully saturated rings. The maximum atomic E-state index is 5.34. The minimum atomic E-state index is 0. The van der Waals surface area contributed by atoms with Crippen LogP contribution in [-0.2, 0) is 4.74 Å². The van der Waals surface area contributed by atoms with Crippen LogP contribution in [0.25, 0.3) is 0 Å². The van der Waals surface area contributed by atoms with Crippen molar-refractivity contribution in [1.29, 1.82) is 0 Å². The van der Waals surface area contributed by atoms with Gasteiger partial charge in [-0.25, -0.2) is 0 Å². The van der Waals surface area contributed by atoms with Crippen molar-refractivity contribution in [3.63, 3.8) is 0 Å². The van der Waals surface area contributed by atoms with Gasteiger partial charge in [0, 0.05) is 0 Å². The minimum Gasteiger partial charge on any atom is -0.498 e. The lowest BCUT2D eigenvalue weighted by Crippen LogP contribution is -2.03. The first-order valence-corrected chi connectivity index (χ1v) is 7.19. The molecule has 2 aromatic carbocycles. The van der Waals surface area contributed by atoms with Gasteiger partial charge in [0.25, 0.3) is 0 Å². The summed E-state index contributed by atoms with van der Waals surface area (Å²) in [7, 11) is 1.70. The Morgan fingerprint density at radius 2 is 1.52 bits per heavy atom. The average Bonchev–Trinajstić information content (AvgIpc) is 2.54. The molecule has 2 aromatic rings. The molecule has 2 rings (SSSR count). The van der Waals surface area contributed by atoms with Crippen molar-refractivity contribution in [1.82, 2.24) is 0 Å². The summed E-state index contributed by atoms with van der Waals surface area (Å²) in [5, 5.41) is 0. The molecule has 3 nitrogen and oxygen atoms in total. The van der Waals surface area contributed by atoms with Crippen LogP contribution in [0.3, 0.4) is 0 Å². The second-order valence-corrected chi connectivity index (χ2v) is 4.62. The monoisotopic (exact) mass is 334 g/mol. The van der Waals surface area contributed by atoms with E-state index < -0.39 is 0 Å². The van der Waals surface area contributed by atoms with Crippen molar-refractivity contribution in [2.24, 2.45) is 0 Å². The van der Waals surface area contributed by atoms with E-state index >= 15 is 0 Å². The van der Waals surface area contributed by atoms with E-state index in [2.05, 4.69) is 6.58 Å². The highest BCUT2D eigenvalue weighted by Crippen LogP contribution is 2.20. The van der Waals surface area contributed by atoms with E-state index in [4.69, 9.17) is 14.2 Å². The zero-order valence-electron chi connectivity index (χ0n) is 14.0. The molecule has 4 heteroatoms. The molecule has 0 amide bonds. The molecule has 0 bridgehead atoms. The number of benzene rings is 2. The van der Waals surface area contributed by atoms with Crippen LogP contribution in [0.5, 0.6) is 11.5 Å². The summed E-state index contributed by atoms with van der Waals surface area (Å²) in [5.74, 6) is 1.87. The zero-order chi connectivity index (χ0) is 16.2. The van der Waals surface area contributed by atoms with Gasteiger partial charge in [0.15, 0.2) is 0 Å². The molecule has 0 aliphatic carbocycles. The number of hydrogen-bond donors (Lipinski definition) is 0. The van der Waals surface area contributed by atoms with Crippen LogP contribution >= 0.6 is 13.5 Å². The van der Waals surface area contributed by atoms with Crippen LogP contribution < -0.4 is 9.47 Å². The van der Waals surface area contributed by atoms with Crippen LogP contribution in [0.4, 0.5) is 0 Å². The highest BCUT2D eigenvalue weighted by molar-refractivity contribution is 7.59. The summed E-state index contributed by atoms with van der Waals surface area (Å²) in [5.41, 5.74) is 2.39. The Kier molecular flexibility index (Phi) is 11.3. The van der Waals surface area contributed by atoms with E-state index in [0.717, 1.165) is 11.5 Å². The average molecular weight is 334 g/mol. The molecule has 0 saturated heterocycles. The molecular formula is C19H26O3S. The van der Waals surface area contributed by atoms with Crippen molar-refractivity contribution in [2.75, 3.05) is 20.3 Å². The van der Waals surface area contributed by atoms with Crippen molar-refractivity contribution in [3.05, 3.63) is 72.5 Å². The second-order valence-electron chi connectivity index (χ2n) is 4.62. The van der Waals surface area contributed by atoms with Crippen molar-refractivity contribution < 1.29 is 14.2 Å². The molecular weight excluding hydrogens is 308 g/mol. The van der Waals surface area contributed by atoms with Gasteiger partial charge in [-0.05, 0) is 37.1 Å². The lowest BCUT2D eigenvalue weighted by atomic mass is 10.1. The zero-order valence-corrected chi connectivity index (χ0v) is 15.0. The van der Waals surface area contributed by atoms with E-state index in [1.54, 1.807) is 7.11 Å². The van der Waals surface area contributed by atoms with Crippen LogP contribution in [0.1, 0.15) is 11.1 Å². The number of ether oxygens (including phenoxy) is 3. The summed E-state index contributed by atoms with van der Waals surface area (Å²) in [6.45, 7) is 8.61. The van der Waals surface area contributed by atoms with E-state index in [9.17, 15) is 0 Å². The third-order valence-electron chi connectivity index (χ3n) is 2.94. The first kappa shape index (κ1) is 20.9. The molecule has 0 aromatic heterocycles. The summed E-state index contributed by atoms with van der Waals surface area (Å²) < 4.78 is 15.4. The van der Waals surface area contributed by atoms with Crippen LogP contribution in [0.15, 0.2) is 61.4 Å². The molecule has 0 saturated carbocycles. The SMILES string of the molecule is C=COCCOc1ccccc1.COc1c(C)cccc1C.S. The molecule has 0 heterocycles. The number of hydrogen-bond acceptors (Lipinski definition) is 3. The van der Waals surface area contributed by atoms with Crippen LogP contribution in [0.2, 0.25) is 0 Å². The lowest BCUT2D eigenvalue weighted by molar-refractivity contribution is 0.179. The minimum absolute atomic E-state index is 0. The number of methoxy groups -OCH3 is 1. The maximum Gasteiger partial charge on any atom is 0.124 e. The standard InChI is InChI=1S/C10H12O2.C9H12O.H2S/c1-2-11-8-9-12-10-6-4-3-5-7-10;1-7-5-4-6-8(2)9(7)10-3;/h2-7H,1,8-9H2;4-6H,1-3H3;1H2.